The number of anilines is 1. The van der Waals surface area contributed by atoms with Gasteiger partial charge in [0, 0.05) is 36.4 Å². The molecule has 2 atom stereocenters. The highest BCUT2D eigenvalue weighted by Crippen LogP contribution is 2.37. The fourth-order valence-electron chi connectivity index (χ4n) is 4.54. The number of nitrogens with zero attached hydrogens (tertiary/aromatic N) is 3. The van der Waals surface area contributed by atoms with Crippen molar-refractivity contribution in [3.8, 4) is 0 Å². The average Bonchev–Trinajstić information content (AvgIpc) is 2.85. The number of rotatable bonds is 5. The number of piperidine rings is 1. The van der Waals surface area contributed by atoms with Crippen LogP contribution < -0.4 is 5.32 Å². The molecule has 4 rings (SSSR count). The Balaban J connectivity index is 1.42. The van der Waals surface area contributed by atoms with E-state index in [1.165, 1.54) is 31.2 Å². The molecule has 3 heterocycles. The van der Waals surface area contributed by atoms with Crippen molar-refractivity contribution in [3.63, 3.8) is 0 Å². The summed E-state index contributed by atoms with van der Waals surface area (Å²) in [6, 6.07) is 14.9. The van der Waals surface area contributed by atoms with Crippen LogP contribution in [-0.4, -0.2) is 33.0 Å². The SMILES string of the molecule is CCc1cc(NC2CC3CCC(C2)N3Cc2ccccc2)nc(C)n1. The lowest BCUT2D eigenvalue weighted by Gasteiger charge is -2.39. The van der Waals surface area contributed by atoms with Gasteiger partial charge in [0.15, 0.2) is 0 Å². The molecule has 2 aliphatic heterocycles. The Morgan fingerprint density at radius 1 is 1.08 bits per heavy atom. The van der Waals surface area contributed by atoms with Gasteiger partial charge >= 0.3 is 0 Å². The summed E-state index contributed by atoms with van der Waals surface area (Å²) in [5.74, 6) is 1.87. The minimum Gasteiger partial charge on any atom is -0.367 e. The van der Waals surface area contributed by atoms with Crippen molar-refractivity contribution in [3.05, 3.63) is 53.5 Å². The Morgan fingerprint density at radius 2 is 1.80 bits per heavy atom. The second-order valence-electron chi connectivity index (χ2n) is 7.50. The third-order valence-electron chi connectivity index (χ3n) is 5.70. The fourth-order valence-corrected chi connectivity index (χ4v) is 4.54. The summed E-state index contributed by atoms with van der Waals surface area (Å²) in [6.07, 6.45) is 6.05. The van der Waals surface area contributed by atoms with Crippen molar-refractivity contribution in [2.75, 3.05) is 5.32 Å². The third kappa shape index (κ3) is 3.69. The number of hydrogen-bond donors (Lipinski definition) is 1. The van der Waals surface area contributed by atoms with Gasteiger partial charge in [-0.3, -0.25) is 4.90 Å². The highest BCUT2D eigenvalue weighted by atomic mass is 15.2. The van der Waals surface area contributed by atoms with Crippen molar-refractivity contribution < 1.29 is 0 Å². The number of aryl methyl sites for hydroxylation is 2. The Kier molecular flexibility index (Phi) is 4.71. The Morgan fingerprint density at radius 3 is 2.48 bits per heavy atom. The summed E-state index contributed by atoms with van der Waals surface area (Å²) < 4.78 is 0. The largest absolute Gasteiger partial charge is 0.367 e. The number of nitrogens with one attached hydrogen (secondary N) is 1. The van der Waals surface area contributed by atoms with Crippen molar-refractivity contribution in [2.24, 2.45) is 0 Å². The van der Waals surface area contributed by atoms with Crippen molar-refractivity contribution in [1.82, 2.24) is 14.9 Å². The molecule has 2 aliphatic rings. The molecule has 2 unspecified atom stereocenters. The van der Waals surface area contributed by atoms with Gasteiger partial charge in [-0.05, 0) is 44.6 Å². The molecule has 2 fully saturated rings. The molecule has 0 aliphatic carbocycles. The Labute approximate surface area is 150 Å². The van der Waals surface area contributed by atoms with Gasteiger partial charge in [-0.15, -0.1) is 0 Å². The molecular formula is C21H28N4. The van der Waals surface area contributed by atoms with Gasteiger partial charge in [-0.1, -0.05) is 37.3 Å². The van der Waals surface area contributed by atoms with Gasteiger partial charge in [-0.25, -0.2) is 9.97 Å². The van der Waals surface area contributed by atoms with Crippen LogP contribution in [0.15, 0.2) is 36.4 Å². The topological polar surface area (TPSA) is 41.0 Å². The highest BCUT2D eigenvalue weighted by molar-refractivity contribution is 5.37. The molecule has 2 saturated heterocycles. The quantitative estimate of drug-likeness (QED) is 0.897. The summed E-state index contributed by atoms with van der Waals surface area (Å²) in [5.41, 5.74) is 2.56. The molecule has 0 radical (unpaired) electrons. The molecule has 4 nitrogen and oxygen atoms in total. The molecule has 2 bridgehead atoms. The molecule has 0 spiro atoms. The van der Waals surface area contributed by atoms with E-state index < -0.39 is 0 Å². The van der Waals surface area contributed by atoms with Crippen molar-refractivity contribution >= 4 is 5.82 Å². The molecule has 4 heteroatoms. The summed E-state index contributed by atoms with van der Waals surface area (Å²) in [6.45, 7) is 5.22. The summed E-state index contributed by atoms with van der Waals surface area (Å²) in [4.78, 5) is 11.8. The van der Waals surface area contributed by atoms with Crippen LogP contribution in [0.3, 0.4) is 0 Å². The molecule has 1 N–H and O–H groups in total. The maximum absolute atomic E-state index is 4.60. The first-order valence-corrected chi connectivity index (χ1v) is 9.62. The molecule has 0 saturated carbocycles. The predicted molar refractivity (Wildman–Crippen MR) is 102 cm³/mol. The zero-order chi connectivity index (χ0) is 17.2. The monoisotopic (exact) mass is 336 g/mol. The second kappa shape index (κ2) is 7.12. The van der Waals surface area contributed by atoms with Crippen LogP contribution in [0, 0.1) is 6.92 Å². The summed E-state index contributed by atoms with van der Waals surface area (Å²) >= 11 is 0. The number of hydrogen-bond acceptors (Lipinski definition) is 4. The lowest BCUT2D eigenvalue weighted by atomic mass is 9.96. The van der Waals surface area contributed by atoms with E-state index in [0.29, 0.717) is 18.1 Å². The predicted octanol–water partition coefficient (Wildman–Crippen LogP) is 3.95. The summed E-state index contributed by atoms with van der Waals surface area (Å²) in [7, 11) is 0. The smallest absolute Gasteiger partial charge is 0.130 e. The first-order valence-electron chi connectivity index (χ1n) is 9.62. The first-order chi connectivity index (χ1) is 12.2. The normalized spacial score (nSPS) is 25.9. The fraction of sp³-hybridized carbons (Fsp3) is 0.524. The molecule has 2 aromatic rings. The van der Waals surface area contributed by atoms with Gasteiger partial charge in [0.1, 0.15) is 11.6 Å². The van der Waals surface area contributed by atoms with Gasteiger partial charge in [0.05, 0.1) is 0 Å². The molecule has 25 heavy (non-hydrogen) atoms. The first kappa shape index (κ1) is 16.5. The van der Waals surface area contributed by atoms with Crippen molar-refractivity contribution in [2.45, 2.75) is 70.6 Å². The third-order valence-corrected chi connectivity index (χ3v) is 5.70. The van der Waals surface area contributed by atoms with Crippen LogP contribution in [0.5, 0.6) is 0 Å². The van der Waals surface area contributed by atoms with Crippen LogP contribution in [0.4, 0.5) is 5.82 Å². The summed E-state index contributed by atoms with van der Waals surface area (Å²) in [5, 5.41) is 3.70. The highest BCUT2D eigenvalue weighted by Gasteiger charge is 2.40. The van der Waals surface area contributed by atoms with E-state index in [2.05, 4.69) is 63.5 Å². The van der Waals surface area contributed by atoms with E-state index in [9.17, 15) is 0 Å². The zero-order valence-electron chi connectivity index (χ0n) is 15.3. The van der Waals surface area contributed by atoms with E-state index in [0.717, 1.165) is 30.3 Å². The van der Waals surface area contributed by atoms with E-state index in [1.807, 2.05) is 6.92 Å². The van der Waals surface area contributed by atoms with Gasteiger partial charge in [0.25, 0.3) is 0 Å². The number of benzene rings is 1. The van der Waals surface area contributed by atoms with E-state index in [1.54, 1.807) is 0 Å². The Hall–Kier alpha value is -1.94. The molecule has 1 aromatic heterocycles. The lowest BCUT2D eigenvalue weighted by molar-refractivity contribution is 0.124. The lowest BCUT2D eigenvalue weighted by Crippen LogP contribution is -2.46. The zero-order valence-corrected chi connectivity index (χ0v) is 15.3. The van der Waals surface area contributed by atoms with E-state index in [4.69, 9.17) is 0 Å². The number of fused-ring (bicyclic) bond motifs is 2. The van der Waals surface area contributed by atoms with Crippen LogP contribution >= 0.6 is 0 Å². The molecule has 1 aromatic carbocycles. The molecular weight excluding hydrogens is 308 g/mol. The standard InChI is InChI=1S/C21H28N4/c1-3-17-13-21(23-15(2)22-17)24-18-11-19-9-10-20(12-18)25(19)14-16-7-5-4-6-8-16/h4-8,13,18-20H,3,9-12,14H2,1-2H3,(H,22,23,24). The van der Waals surface area contributed by atoms with Crippen molar-refractivity contribution in [1.29, 1.82) is 0 Å². The maximum Gasteiger partial charge on any atom is 0.130 e. The van der Waals surface area contributed by atoms with Crippen LogP contribution in [0.1, 0.15) is 49.7 Å². The van der Waals surface area contributed by atoms with Crippen LogP contribution in [0.2, 0.25) is 0 Å². The minimum atomic E-state index is 0.531. The van der Waals surface area contributed by atoms with E-state index in [-0.39, 0.29) is 0 Å². The van der Waals surface area contributed by atoms with Gasteiger partial charge < -0.3 is 5.32 Å². The average molecular weight is 336 g/mol. The molecule has 0 amide bonds. The Bertz CT molecular complexity index is 701. The maximum atomic E-state index is 4.60. The van der Waals surface area contributed by atoms with Gasteiger partial charge in [0.2, 0.25) is 0 Å². The second-order valence-corrected chi connectivity index (χ2v) is 7.50. The number of aromatic nitrogens is 2. The molecule has 132 valence electrons. The van der Waals surface area contributed by atoms with Crippen LogP contribution in [-0.2, 0) is 13.0 Å². The van der Waals surface area contributed by atoms with Crippen LogP contribution in [0.25, 0.3) is 0 Å². The minimum absolute atomic E-state index is 0.531. The van der Waals surface area contributed by atoms with Gasteiger partial charge in [-0.2, -0.15) is 0 Å². The van der Waals surface area contributed by atoms with E-state index >= 15 is 0 Å².